The summed E-state index contributed by atoms with van der Waals surface area (Å²) in [7, 11) is 1.62. The number of benzene rings is 2. The highest BCUT2D eigenvalue weighted by Crippen LogP contribution is 2.31. The lowest BCUT2D eigenvalue weighted by atomic mass is 10.1. The van der Waals surface area contributed by atoms with Crippen LogP contribution in [0.25, 0.3) is 0 Å². The van der Waals surface area contributed by atoms with Crippen molar-refractivity contribution >= 4 is 23.3 Å². The fourth-order valence-corrected chi connectivity index (χ4v) is 3.30. The normalized spacial score (nSPS) is 15.1. The zero-order chi connectivity index (χ0) is 18.7. The van der Waals surface area contributed by atoms with Crippen LogP contribution >= 0.6 is 11.6 Å². The minimum atomic E-state index is -1.13. The van der Waals surface area contributed by atoms with E-state index in [1.54, 1.807) is 13.2 Å². The van der Waals surface area contributed by atoms with Gasteiger partial charge in [0.1, 0.15) is 11.6 Å². The second kappa shape index (κ2) is 7.93. The van der Waals surface area contributed by atoms with Gasteiger partial charge >= 0.3 is 5.97 Å². The first-order valence-electron chi connectivity index (χ1n) is 8.30. The Bertz CT molecular complexity index is 807. The molecule has 1 aliphatic heterocycles. The SMILES string of the molecule is COc1ccc(Cl)c(N2CCN(Cc3ccc(C(=O)O)cc3F)CC2)c1. The summed E-state index contributed by atoms with van der Waals surface area (Å²) in [6.07, 6.45) is 0. The van der Waals surface area contributed by atoms with Crippen molar-refractivity contribution in [2.75, 3.05) is 38.2 Å². The summed E-state index contributed by atoms with van der Waals surface area (Å²) >= 11 is 6.31. The number of nitrogens with zero attached hydrogens (tertiary/aromatic N) is 2. The van der Waals surface area contributed by atoms with Crippen LogP contribution < -0.4 is 9.64 Å². The predicted molar refractivity (Wildman–Crippen MR) is 98.9 cm³/mol. The third-order valence-corrected chi connectivity index (χ3v) is 4.88. The Hall–Kier alpha value is -2.31. The number of aromatic carboxylic acids is 1. The van der Waals surface area contributed by atoms with Gasteiger partial charge in [0.15, 0.2) is 0 Å². The molecule has 26 heavy (non-hydrogen) atoms. The molecule has 0 unspecified atom stereocenters. The molecule has 3 rings (SSSR count). The van der Waals surface area contributed by atoms with Crippen LogP contribution in [0.5, 0.6) is 5.75 Å². The number of hydrogen-bond acceptors (Lipinski definition) is 4. The van der Waals surface area contributed by atoms with Gasteiger partial charge in [-0.15, -0.1) is 0 Å². The van der Waals surface area contributed by atoms with Crippen LogP contribution in [0, 0.1) is 5.82 Å². The van der Waals surface area contributed by atoms with E-state index in [1.165, 1.54) is 6.07 Å². The third kappa shape index (κ3) is 4.08. The summed E-state index contributed by atoms with van der Waals surface area (Å²) < 4.78 is 19.4. The first-order valence-corrected chi connectivity index (χ1v) is 8.68. The van der Waals surface area contributed by atoms with Crippen molar-refractivity contribution in [2.24, 2.45) is 0 Å². The van der Waals surface area contributed by atoms with E-state index < -0.39 is 11.8 Å². The standard InChI is InChI=1S/C19H20ClFN2O3/c1-26-15-4-5-16(20)18(11-15)23-8-6-22(7-9-23)12-14-3-2-13(19(24)25)10-17(14)21/h2-5,10-11H,6-9,12H2,1H3,(H,24,25). The van der Waals surface area contributed by atoms with E-state index in [9.17, 15) is 9.18 Å². The number of halogens is 2. The van der Waals surface area contributed by atoms with Crippen LogP contribution in [-0.2, 0) is 6.54 Å². The van der Waals surface area contributed by atoms with Crippen molar-refractivity contribution in [3.05, 3.63) is 58.4 Å². The average molecular weight is 379 g/mol. The second-order valence-corrected chi connectivity index (χ2v) is 6.60. The van der Waals surface area contributed by atoms with Crippen LogP contribution in [-0.4, -0.2) is 49.3 Å². The molecular weight excluding hydrogens is 359 g/mol. The second-order valence-electron chi connectivity index (χ2n) is 6.19. The molecule has 0 spiro atoms. The molecule has 0 saturated carbocycles. The van der Waals surface area contributed by atoms with E-state index in [0.717, 1.165) is 43.7 Å². The third-order valence-electron chi connectivity index (χ3n) is 4.56. The molecule has 0 radical (unpaired) electrons. The van der Waals surface area contributed by atoms with Gasteiger partial charge in [0.2, 0.25) is 0 Å². The van der Waals surface area contributed by atoms with Gasteiger partial charge in [0.25, 0.3) is 0 Å². The predicted octanol–water partition coefficient (Wildman–Crippen LogP) is 3.51. The number of carboxylic acid groups (broad SMARTS) is 1. The van der Waals surface area contributed by atoms with Gasteiger partial charge < -0.3 is 14.7 Å². The van der Waals surface area contributed by atoms with Gasteiger partial charge in [-0.1, -0.05) is 17.7 Å². The number of carboxylic acids is 1. The molecule has 7 heteroatoms. The fraction of sp³-hybridized carbons (Fsp3) is 0.316. The van der Waals surface area contributed by atoms with Gasteiger partial charge in [-0.3, -0.25) is 4.90 Å². The number of rotatable bonds is 5. The first kappa shape index (κ1) is 18.5. The fourth-order valence-electron chi connectivity index (χ4n) is 3.06. The van der Waals surface area contributed by atoms with Gasteiger partial charge in [-0.2, -0.15) is 0 Å². The number of hydrogen-bond donors (Lipinski definition) is 1. The highest BCUT2D eigenvalue weighted by molar-refractivity contribution is 6.33. The van der Waals surface area contributed by atoms with E-state index in [-0.39, 0.29) is 5.56 Å². The highest BCUT2D eigenvalue weighted by atomic mass is 35.5. The van der Waals surface area contributed by atoms with Crippen molar-refractivity contribution < 1.29 is 19.0 Å². The topological polar surface area (TPSA) is 53.0 Å². The molecule has 2 aromatic rings. The summed E-state index contributed by atoms with van der Waals surface area (Å²) in [5, 5.41) is 9.59. The number of piperazine rings is 1. The molecule has 0 aliphatic carbocycles. The summed E-state index contributed by atoms with van der Waals surface area (Å²) in [5.41, 5.74) is 1.40. The molecule has 5 nitrogen and oxygen atoms in total. The maximum atomic E-state index is 14.1. The maximum absolute atomic E-state index is 14.1. The van der Waals surface area contributed by atoms with Gasteiger partial charge in [-0.05, 0) is 24.3 Å². The molecule has 0 bridgehead atoms. The van der Waals surface area contributed by atoms with Crippen molar-refractivity contribution in [3.63, 3.8) is 0 Å². The maximum Gasteiger partial charge on any atom is 0.335 e. The molecule has 0 amide bonds. The Labute approximate surface area is 156 Å². The van der Waals surface area contributed by atoms with Crippen molar-refractivity contribution in [1.82, 2.24) is 4.90 Å². The molecule has 138 valence electrons. The van der Waals surface area contributed by atoms with Gasteiger partial charge in [-0.25, -0.2) is 9.18 Å². The van der Waals surface area contributed by atoms with E-state index in [4.69, 9.17) is 21.4 Å². The van der Waals surface area contributed by atoms with Gasteiger partial charge in [0.05, 0.1) is 23.4 Å². The Kier molecular flexibility index (Phi) is 5.64. The Morgan fingerprint density at radius 1 is 1.19 bits per heavy atom. The zero-order valence-corrected chi connectivity index (χ0v) is 15.2. The molecule has 2 aromatic carbocycles. The molecule has 0 aromatic heterocycles. The summed E-state index contributed by atoms with van der Waals surface area (Å²) in [4.78, 5) is 15.2. The van der Waals surface area contributed by atoms with E-state index in [1.807, 2.05) is 18.2 Å². The molecule has 1 saturated heterocycles. The Morgan fingerprint density at radius 3 is 2.54 bits per heavy atom. The molecule has 1 aliphatic rings. The minimum absolute atomic E-state index is 0.0382. The van der Waals surface area contributed by atoms with Crippen molar-refractivity contribution in [2.45, 2.75) is 6.54 Å². The molecule has 1 heterocycles. The lowest BCUT2D eigenvalue weighted by Crippen LogP contribution is -2.46. The van der Waals surface area contributed by atoms with Crippen LogP contribution in [0.15, 0.2) is 36.4 Å². The van der Waals surface area contributed by atoms with Crippen LogP contribution in [0.3, 0.4) is 0 Å². The molecular formula is C19H20ClFN2O3. The van der Waals surface area contributed by atoms with Crippen LogP contribution in [0.4, 0.5) is 10.1 Å². The highest BCUT2D eigenvalue weighted by Gasteiger charge is 2.20. The number of carbonyl (C=O) groups is 1. The monoisotopic (exact) mass is 378 g/mol. The van der Waals surface area contributed by atoms with Crippen LogP contribution in [0.2, 0.25) is 5.02 Å². The number of ether oxygens (including phenoxy) is 1. The molecule has 1 fully saturated rings. The largest absolute Gasteiger partial charge is 0.497 e. The summed E-state index contributed by atoms with van der Waals surface area (Å²) in [6.45, 7) is 3.50. The van der Waals surface area contributed by atoms with E-state index in [0.29, 0.717) is 17.1 Å². The first-order chi connectivity index (χ1) is 12.5. The van der Waals surface area contributed by atoms with Crippen molar-refractivity contribution in [1.29, 1.82) is 0 Å². The Balaban J connectivity index is 1.63. The smallest absolute Gasteiger partial charge is 0.335 e. The minimum Gasteiger partial charge on any atom is -0.497 e. The Morgan fingerprint density at radius 2 is 1.92 bits per heavy atom. The molecule has 0 atom stereocenters. The summed E-state index contributed by atoms with van der Waals surface area (Å²) in [5.74, 6) is -0.852. The zero-order valence-electron chi connectivity index (χ0n) is 14.4. The van der Waals surface area contributed by atoms with Crippen molar-refractivity contribution in [3.8, 4) is 5.75 Å². The van der Waals surface area contributed by atoms with E-state index >= 15 is 0 Å². The summed E-state index contributed by atoms with van der Waals surface area (Å²) in [6, 6.07) is 9.62. The lowest BCUT2D eigenvalue weighted by Gasteiger charge is -2.36. The van der Waals surface area contributed by atoms with E-state index in [2.05, 4.69) is 9.80 Å². The number of anilines is 1. The van der Waals surface area contributed by atoms with Crippen LogP contribution in [0.1, 0.15) is 15.9 Å². The number of methoxy groups -OCH3 is 1. The quantitative estimate of drug-likeness (QED) is 0.862. The average Bonchev–Trinajstić information content (AvgIpc) is 2.64. The molecule has 1 N–H and O–H groups in total. The lowest BCUT2D eigenvalue weighted by molar-refractivity contribution is 0.0696. The van der Waals surface area contributed by atoms with Gasteiger partial charge in [0, 0.05) is 44.4 Å².